The molecule has 0 aliphatic heterocycles. The van der Waals surface area contributed by atoms with E-state index in [2.05, 4.69) is 27.5 Å². The number of nitrogens with one attached hydrogen (secondary N) is 3. The van der Waals surface area contributed by atoms with Crippen LogP contribution in [0.4, 0.5) is 35.2 Å². The number of pyridine rings is 1. The molecule has 3 amide bonds. The van der Waals surface area contributed by atoms with Crippen molar-refractivity contribution in [2.24, 2.45) is 0 Å². The van der Waals surface area contributed by atoms with Gasteiger partial charge in [-0.05, 0) is 54.1 Å². The van der Waals surface area contributed by atoms with Crippen molar-refractivity contribution >= 4 is 29.1 Å². The second kappa shape index (κ2) is 9.12. The first kappa shape index (κ1) is 21.6. The van der Waals surface area contributed by atoms with Crippen molar-refractivity contribution in [3.8, 4) is 11.1 Å². The molecule has 9 heteroatoms. The number of halogens is 3. The first-order valence-electron chi connectivity index (χ1n) is 9.00. The Kier molecular flexibility index (Phi) is 6.35. The molecule has 3 aromatic rings. The number of benzene rings is 2. The van der Waals surface area contributed by atoms with Gasteiger partial charge in [0.1, 0.15) is 5.82 Å². The Morgan fingerprint density at radius 2 is 1.55 bits per heavy atom. The van der Waals surface area contributed by atoms with Crippen molar-refractivity contribution < 1.29 is 22.8 Å². The number of hydrogen-bond donors (Lipinski definition) is 3. The summed E-state index contributed by atoms with van der Waals surface area (Å²) in [6.45, 7) is 3.37. The summed E-state index contributed by atoms with van der Waals surface area (Å²) in [5.74, 6) is 0.0253. The van der Waals surface area contributed by atoms with Crippen LogP contribution in [0, 0.1) is 0 Å². The van der Waals surface area contributed by atoms with Crippen molar-refractivity contribution in [3.05, 3.63) is 85.1 Å². The number of carbonyl (C=O) groups excluding carboxylic acids is 2. The Morgan fingerprint density at radius 1 is 0.871 bits per heavy atom. The fourth-order valence-electron chi connectivity index (χ4n) is 2.63. The molecule has 2 aromatic carbocycles. The first-order valence-corrected chi connectivity index (χ1v) is 9.00. The third-order valence-corrected chi connectivity index (χ3v) is 4.12. The maximum atomic E-state index is 12.8. The number of carbonyl (C=O) groups is 2. The van der Waals surface area contributed by atoms with Crippen LogP contribution in [-0.2, 0) is 11.0 Å². The minimum atomic E-state index is -4.49. The van der Waals surface area contributed by atoms with Gasteiger partial charge < -0.3 is 16.0 Å². The van der Waals surface area contributed by atoms with E-state index >= 15 is 0 Å². The van der Waals surface area contributed by atoms with Crippen molar-refractivity contribution in [2.45, 2.75) is 6.18 Å². The van der Waals surface area contributed by atoms with E-state index in [1.807, 2.05) is 0 Å². The molecule has 1 heterocycles. The molecule has 0 aliphatic rings. The van der Waals surface area contributed by atoms with Crippen LogP contribution in [0.2, 0.25) is 0 Å². The molecule has 3 N–H and O–H groups in total. The van der Waals surface area contributed by atoms with E-state index in [1.54, 1.807) is 42.6 Å². The van der Waals surface area contributed by atoms with Gasteiger partial charge in [0.05, 0.1) is 5.56 Å². The Hall–Kier alpha value is -4.14. The number of aromatic nitrogens is 1. The molecule has 0 radical (unpaired) electrons. The summed E-state index contributed by atoms with van der Waals surface area (Å²) in [5.41, 5.74) is 1.24. The normalized spacial score (nSPS) is 10.8. The predicted octanol–water partition coefficient (Wildman–Crippen LogP) is 5.54. The summed E-state index contributed by atoms with van der Waals surface area (Å²) in [5, 5.41) is 7.48. The van der Waals surface area contributed by atoms with E-state index in [9.17, 15) is 22.8 Å². The molecule has 3 rings (SSSR count). The highest BCUT2D eigenvalue weighted by Crippen LogP contribution is 2.30. The summed E-state index contributed by atoms with van der Waals surface area (Å²) in [4.78, 5) is 27.5. The molecular formula is C22H17F3N4O2. The zero-order valence-electron chi connectivity index (χ0n) is 16.0. The van der Waals surface area contributed by atoms with Gasteiger partial charge in [0.15, 0.2) is 0 Å². The lowest BCUT2D eigenvalue weighted by Crippen LogP contribution is -2.19. The van der Waals surface area contributed by atoms with Gasteiger partial charge in [-0.15, -0.1) is 0 Å². The van der Waals surface area contributed by atoms with Crippen LogP contribution in [0.5, 0.6) is 0 Å². The highest BCUT2D eigenvalue weighted by atomic mass is 19.4. The molecular weight excluding hydrogens is 409 g/mol. The third-order valence-electron chi connectivity index (χ3n) is 4.12. The molecule has 0 fully saturated rings. The van der Waals surface area contributed by atoms with Crippen molar-refractivity contribution in [1.29, 1.82) is 0 Å². The molecule has 0 unspecified atom stereocenters. The average Bonchev–Trinajstić information content (AvgIpc) is 2.74. The minimum absolute atomic E-state index is 0.0265. The molecule has 31 heavy (non-hydrogen) atoms. The number of nitrogens with zero attached hydrogens (tertiary/aromatic N) is 1. The highest BCUT2D eigenvalue weighted by molar-refractivity contribution is 6.00. The molecule has 0 aliphatic carbocycles. The van der Waals surface area contributed by atoms with Crippen LogP contribution >= 0.6 is 0 Å². The lowest BCUT2D eigenvalue weighted by molar-refractivity contribution is -0.137. The zero-order chi connectivity index (χ0) is 22.4. The topological polar surface area (TPSA) is 83.1 Å². The summed E-state index contributed by atoms with van der Waals surface area (Å²) in [6.07, 6.45) is -1.76. The van der Waals surface area contributed by atoms with E-state index < -0.39 is 17.8 Å². The largest absolute Gasteiger partial charge is 0.416 e. The quantitative estimate of drug-likeness (QED) is 0.469. The number of anilines is 3. The molecule has 0 bridgehead atoms. The highest BCUT2D eigenvalue weighted by Gasteiger charge is 2.30. The fraction of sp³-hybridized carbons (Fsp3) is 0.0455. The van der Waals surface area contributed by atoms with E-state index in [0.29, 0.717) is 11.5 Å². The second-order valence-corrected chi connectivity index (χ2v) is 6.36. The standard InChI is InChI=1S/C22H17F3N4O2/c1-2-20(30)29-19-11-8-15(13-26-19)14-6-9-17(10-7-14)27-21(31)28-18-5-3-4-16(12-18)22(23,24)25/h2-13H,1H2,(H,26,29,30)(H2,27,28,31). The fourth-order valence-corrected chi connectivity index (χ4v) is 2.63. The summed E-state index contributed by atoms with van der Waals surface area (Å²) >= 11 is 0. The number of hydrogen-bond acceptors (Lipinski definition) is 3. The van der Waals surface area contributed by atoms with Gasteiger partial charge in [-0.25, -0.2) is 9.78 Å². The SMILES string of the molecule is C=CC(=O)Nc1ccc(-c2ccc(NC(=O)Nc3cccc(C(F)(F)F)c3)cc2)cn1. The summed E-state index contributed by atoms with van der Waals surface area (Å²) < 4.78 is 38.3. The van der Waals surface area contributed by atoms with E-state index in [-0.39, 0.29) is 11.6 Å². The monoisotopic (exact) mass is 426 g/mol. The maximum absolute atomic E-state index is 12.8. The van der Waals surface area contributed by atoms with Crippen LogP contribution in [0.25, 0.3) is 11.1 Å². The van der Waals surface area contributed by atoms with E-state index in [1.165, 1.54) is 12.1 Å². The maximum Gasteiger partial charge on any atom is 0.416 e. The first-order chi connectivity index (χ1) is 14.7. The molecule has 158 valence electrons. The smallest absolute Gasteiger partial charge is 0.308 e. The van der Waals surface area contributed by atoms with Crippen LogP contribution in [0.1, 0.15) is 5.56 Å². The number of alkyl halides is 3. The number of amides is 3. The van der Waals surface area contributed by atoms with Gasteiger partial charge in [-0.3, -0.25) is 4.79 Å². The van der Waals surface area contributed by atoms with Crippen LogP contribution in [-0.4, -0.2) is 16.9 Å². The Morgan fingerprint density at radius 3 is 2.16 bits per heavy atom. The molecule has 0 spiro atoms. The van der Waals surface area contributed by atoms with Gasteiger partial charge in [-0.1, -0.05) is 24.8 Å². The van der Waals surface area contributed by atoms with E-state index in [4.69, 9.17) is 0 Å². The van der Waals surface area contributed by atoms with Gasteiger partial charge in [-0.2, -0.15) is 13.2 Å². The van der Waals surface area contributed by atoms with Crippen molar-refractivity contribution in [1.82, 2.24) is 4.98 Å². The third kappa shape index (κ3) is 5.92. The van der Waals surface area contributed by atoms with Gasteiger partial charge in [0.2, 0.25) is 5.91 Å². The minimum Gasteiger partial charge on any atom is -0.308 e. The molecule has 0 saturated heterocycles. The molecule has 6 nitrogen and oxygen atoms in total. The van der Waals surface area contributed by atoms with Crippen LogP contribution in [0.15, 0.2) is 79.5 Å². The van der Waals surface area contributed by atoms with Crippen molar-refractivity contribution in [3.63, 3.8) is 0 Å². The number of urea groups is 1. The Balaban J connectivity index is 1.62. The van der Waals surface area contributed by atoms with Gasteiger partial charge >= 0.3 is 12.2 Å². The Bertz CT molecular complexity index is 1090. The van der Waals surface area contributed by atoms with Gasteiger partial charge in [0.25, 0.3) is 0 Å². The second-order valence-electron chi connectivity index (χ2n) is 6.36. The van der Waals surface area contributed by atoms with E-state index in [0.717, 1.165) is 29.3 Å². The Labute approximate surface area is 175 Å². The lowest BCUT2D eigenvalue weighted by Gasteiger charge is -2.11. The lowest BCUT2D eigenvalue weighted by atomic mass is 10.1. The summed E-state index contributed by atoms with van der Waals surface area (Å²) in [6, 6.07) is 13.9. The van der Waals surface area contributed by atoms with Crippen molar-refractivity contribution in [2.75, 3.05) is 16.0 Å². The van der Waals surface area contributed by atoms with Gasteiger partial charge in [0, 0.05) is 23.1 Å². The molecule has 1 aromatic heterocycles. The predicted molar refractivity (Wildman–Crippen MR) is 113 cm³/mol. The van der Waals surface area contributed by atoms with Crippen LogP contribution < -0.4 is 16.0 Å². The zero-order valence-corrected chi connectivity index (χ0v) is 16.0. The molecule has 0 saturated carbocycles. The summed E-state index contributed by atoms with van der Waals surface area (Å²) in [7, 11) is 0. The van der Waals surface area contributed by atoms with Crippen LogP contribution in [0.3, 0.4) is 0 Å². The number of rotatable bonds is 5. The average molecular weight is 426 g/mol. The molecule has 0 atom stereocenters.